The summed E-state index contributed by atoms with van der Waals surface area (Å²) in [7, 11) is 0. The summed E-state index contributed by atoms with van der Waals surface area (Å²) in [6.45, 7) is -1.88. The van der Waals surface area contributed by atoms with Crippen molar-refractivity contribution in [3.63, 3.8) is 0 Å². The van der Waals surface area contributed by atoms with Gasteiger partial charge in [0, 0.05) is 11.1 Å². The van der Waals surface area contributed by atoms with Crippen molar-refractivity contribution in [2.75, 3.05) is 0 Å². The van der Waals surface area contributed by atoms with Crippen molar-refractivity contribution >= 4 is 5.83 Å². The molecule has 3 aromatic carbocycles. The third-order valence-corrected chi connectivity index (χ3v) is 4.48. The van der Waals surface area contributed by atoms with Crippen molar-refractivity contribution in [2.45, 2.75) is 13.5 Å². The van der Waals surface area contributed by atoms with Crippen molar-refractivity contribution in [1.29, 1.82) is 0 Å². The van der Waals surface area contributed by atoms with E-state index in [2.05, 4.69) is 4.74 Å². The summed E-state index contributed by atoms with van der Waals surface area (Å²) in [4.78, 5) is 0. The van der Waals surface area contributed by atoms with Crippen molar-refractivity contribution in [1.82, 2.24) is 0 Å². The van der Waals surface area contributed by atoms with Crippen LogP contribution in [0.1, 0.15) is 12.5 Å². The Balaban J connectivity index is 1.91. The molecule has 0 N–H and O–H groups in total. The average Bonchev–Trinajstić information content (AvgIpc) is 2.75. The Bertz CT molecular complexity index is 1160. The first-order valence-electron chi connectivity index (χ1n) is 9.23. The molecule has 3 rings (SSSR count). The minimum absolute atomic E-state index is 0.00139. The van der Waals surface area contributed by atoms with Gasteiger partial charge in [0.1, 0.15) is 5.82 Å². The van der Waals surface area contributed by atoms with Gasteiger partial charge in [-0.25, -0.2) is 22.0 Å². The van der Waals surface area contributed by atoms with E-state index >= 15 is 0 Å². The van der Waals surface area contributed by atoms with Gasteiger partial charge in [0.25, 0.3) is 0 Å². The molecule has 0 saturated carbocycles. The Morgan fingerprint density at radius 3 is 1.88 bits per heavy atom. The van der Waals surface area contributed by atoms with Gasteiger partial charge in [0.2, 0.25) is 0 Å². The monoisotopic (exact) mass is 452 g/mol. The smallest absolute Gasteiger partial charge is 0.387 e. The Morgan fingerprint density at radius 2 is 1.34 bits per heavy atom. The van der Waals surface area contributed by atoms with Gasteiger partial charge in [-0.1, -0.05) is 42.5 Å². The van der Waals surface area contributed by atoms with E-state index in [4.69, 9.17) is 0 Å². The summed E-state index contributed by atoms with van der Waals surface area (Å²) in [5.74, 6) is -6.97. The molecule has 0 heterocycles. The van der Waals surface area contributed by atoms with Crippen LogP contribution in [0.5, 0.6) is 5.75 Å². The zero-order valence-corrected chi connectivity index (χ0v) is 16.5. The molecule has 32 heavy (non-hydrogen) atoms. The van der Waals surface area contributed by atoms with Crippen LogP contribution >= 0.6 is 0 Å². The fourth-order valence-corrected chi connectivity index (χ4v) is 3.01. The lowest BCUT2D eigenvalue weighted by atomic mass is 9.98. The molecular weight excluding hydrogens is 437 g/mol. The van der Waals surface area contributed by atoms with E-state index in [1.165, 1.54) is 42.5 Å². The molecule has 0 saturated heterocycles. The standard InChI is InChI=1S/C24H15F7O/c1-2-3-18(25)22(29)14-6-4-13(5-7-14)15-8-9-17(19(26)10-15)16-11-20(27)23(21(28)12-16)32-24(30)31/h2-12,24H,1H3. The normalized spacial score (nSPS) is 12.4. The van der Waals surface area contributed by atoms with Gasteiger partial charge in [-0.05, 0) is 47.9 Å². The number of allylic oxidation sites excluding steroid dienone is 3. The number of alkyl halides is 2. The molecule has 8 heteroatoms. The molecule has 0 bridgehead atoms. The lowest BCUT2D eigenvalue weighted by Gasteiger charge is -2.11. The number of hydrogen-bond donors (Lipinski definition) is 0. The van der Waals surface area contributed by atoms with E-state index in [0.717, 1.165) is 12.1 Å². The molecule has 166 valence electrons. The van der Waals surface area contributed by atoms with Gasteiger partial charge in [-0.15, -0.1) is 0 Å². The second-order valence-corrected chi connectivity index (χ2v) is 6.58. The summed E-state index contributed by atoms with van der Waals surface area (Å²) in [6.07, 6.45) is 2.33. The molecule has 0 radical (unpaired) electrons. The van der Waals surface area contributed by atoms with Crippen LogP contribution in [-0.4, -0.2) is 6.61 Å². The quantitative estimate of drug-likeness (QED) is 0.270. The predicted molar refractivity (Wildman–Crippen MR) is 108 cm³/mol. The maximum Gasteiger partial charge on any atom is 0.387 e. The van der Waals surface area contributed by atoms with E-state index in [1.807, 2.05) is 0 Å². The number of halogens is 7. The molecule has 0 atom stereocenters. The maximum atomic E-state index is 14.7. The molecule has 3 aromatic rings. The third-order valence-electron chi connectivity index (χ3n) is 4.48. The molecule has 0 aromatic heterocycles. The van der Waals surface area contributed by atoms with Crippen LogP contribution in [0.25, 0.3) is 28.1 Å². The maximum absolute atomic E-state index is 14.7. The predicted octanol–water partition coefficient (Wildman–Crippen LogP) is 8.22. The zero-order valence-electron chi connectivity index (χ0n) is 16.5. The Labute approximate surface area is 179 Å². The zero-order chi connectivity index (χ0) is 23.4. The fourth-order valence-electron chi connectivity index (χ4n) is 3.01. The molecule has 0 unspecified atom stereocenters. The largest absolute Gasteiger partial charge is 0.429 e. The first kappa shape index (κ1) is 23.1. The second-order valence-electron chi connectivity index (χ2n) is 6.58. The van der Waals surface area contributed by atoms with Crippen LogP contribution < -0.4 is 4.74 Å². The van der Waals surface area contributed by atoms with Crippen molar-refractivity contribution < 1.29 is 35.5 Å². The molecule has 0 fully saturated rings. The summed E-state index contributed by atoms with van der Waals surface area (Å²) < 4.78 is 98.5. The lowest BCUT2D eigenvalue weighted by Crippen LogP contribution is -2.06. The van der Waals surface area contributed by atoms with E-state index in [0.29, 0.717) is 23.3 Å². The summed E-state index contributed by atoms with van der Waals surface area (Å²) >= 11 is 0. The van der Waals surface area contributed by atoms with E-state index in [1.54, 1.807) is 6.92 Å². The van der Waals surface area contributed by atoms with E-state index in [-0.39, 0.29) is 16.7 Å². The molecule has 0 aliphatic heterocycles. The third kappa shape index (κ3) is 5.01. The van der Waals surface area contributed by atoms with E-state index in [9.17, 15) is 30.7 Å². The minimum Gasteiger partial charge on any atom is -0.429 e. The molecule has 0 amide bonds. The highest BCUT2D eigenvalue weighted by atomic mass is 19.3. The van der Waals surface area contributed by atoms with Gasteiger partial charge in [-0.2, -0.15) is 8.78 Å². The highest BCUT2D eigenvalue weighted by molar-refractivity contribution is 5.73. The van der Waals surface area contributed by atoms with Crippen LogP contribution in [0.4, 0.5) is 30.7 Å². The summed E-state index contributed by atoms with van der Waals surface area (Å²) in [6, 6.07) is 10.7. The minimum atomic E-state index is -3.42. The van der Waals surface area contributed by atoms with Crippen molar-refractivity contribution in [3.8, 4) is 28.0 Å². The van der Waals surface area contributed by atoms with Crippen LogP contribution in [0.3, 0.4) is 0 Å². The van der Waals surface area contributed by atoms with Crippen LogP contribution in [0, 0.1) is 17.5 Å². The van der Waals surface area contributed by atoms with Gasteiger partial charge < -0.3 is 4.74 Å². The first-order valence-corrected chi connectivity index (χ1v) is 9.23. The molecular formula is C24H15F7O. The summed E-state index contributed by atoms with van der Waals surface area (Å²) in [5, 5.41) is 0. The second kappa shape index (κ2) is 9.72. The van der Waals surface area contributed by atoms with Gasteiger partial charge in [-0.3, -0.25) is 0 Å². The van der Waals surface area contributed by atoms with Crippen LogP contribution in [-0.2, 0) is 0 Å². The summed E-state index contributed by atoms with van der Waals surface area (Å²) in [5.41, 5.74) is 0.464. The molecule has 0 aliphatic carbocycles. The topological polar surface area (TPSA) is 9.23 Å². The number of hydrogen-bond acceptors (Lipinski definition) is 1. The van der Waals surface area contributed by atoms with Gasteiger partial charge >= 0.3 is 6.61 Å². The van der Waals surface area contributed by atoms with Crippen molar-refractivity contribution in [3.05, 3.63) is 95.6 Å². The molecule has 0 spiro atoms. The van der Waals surface area contributed by atoms with Crippen LogP contribution in [0.2, 0.25) is 0 Å². The fraction of sp³-hybridized carbons (Fsp3) is 0.0833. The molecule has 1 nitrogen and oxygen atoms in total. The first-order chi connectivity index (χ1) is 15.2. The Morgan fingerprint density at radius 1 is 0.781 bits per heavy atom. The van der Waals surface area contributed by atoms with E-state index < -0.39 is 41.5 Å². The SMILES string of the molecule is CC=CC(F)=C(F)c1ccc(-c2ccc(-c3cc(F)c(OC(F)F)c(F)c3)c(F)c2)cc1. The van der Waals surface area contributed by atoms with Crippen LogP contribution in [0.15, 0.2) is 72.6 Å². The average molecular weight is 452 g/mol. The molecule has 0 aliphatic rings. The number of rotatable bonds is 6. The van der Waals surface area contributed by atoms with Crippen molar-refractivity contribution in [2.24, 2.45) is 0 Å². The highest BCUT2D eigenvalue weighted by Crippen LogP contribution is 2.33. The Kier molecular flexibility index (Phi) is 7.02. The Hall–Kier alpha value is -3.55. The number of ether oxygens (including phenoxy) is 1. The van der Waals surface area contributed by atoms with Gasteiger partial charge in [0.05, 0.1) is 0 Å². The lowest BCUT2D eigenvalue weighted by molar-refractivity contribution is -0.0546. The number of benzene rings is 3. The highest BCUT2D eigenvalue weighted by Gasteiger charge is 2.19. The van der Waals surface area contributed by atoms with Gasteiger partial charge in [0.15, 0.2) is 29.0 Å².